The highest BCUT2D eigenvalue weighted by Crippen LogP contribution is 2.23. The Labute approximate surface area is 103 Å². The van der Waals surface area contributed by atoms with Gasteiger partial charge in [-0.15, -0.1) is 5.10 Å². The van der Waals surface area contributed by atoms with Crippen LogP contribution in [0.2, 0.25) is 4.34 Å². The quantitative estimate of drug-likeness (QED) is 0.879. The molecule has 0 aromatic carbocycles. The molecule has 0 fully saturated rings. The number of hydrogen-bond donors (Lipinski definition) is 1. The lowest BCUT2D eigenvalue weighted by Crippen LogP contribution is -2.49. The van der Waals surface area contributed by atoms with Gasteiger partial charge in [0.05, 0.1) is 0 Å². The van der Waals surface area contributed by atoms with Gasteiger partial charge in [-0.3, -0.25) is 9.69 Å². The summed E-state index contributed by atoms with van der Waals surface area (Å²) in [6, 6.07) is 0. The normalized spacial score (nSPS) is 12.1. The summed E-state index contributed by atoms with van der Waals surface area (Å²) in [6.07, 6.45) is 0. The molecule has 16 heavy (non-hydrogen) atoms. The maximum absolute atomic E-state index is 11.1. The topological polar surface area (TPSA) is 66.3 Å². The van der Waals surface area contributed by atoms with Gasteiger partial charge >= 0.3 is 5.97 Å². The Morgan fingerprint density at radius 1 is 1.62 bits per heavy atom. The van der Waals surface area contributed by atoms with Crippen LogP contribution in [0.25, 0.3) is 0 Å². The minimum atomic E-state index is -0.943. The number of carboxylic acids is 1. The van der Waals surface area contributed by atoms with Crippen LogP contribution in [0.1, 0.15) is 26.5 Å². The van der Waals surface area contributed by atoms with Crippen molar-refractivity contribution in [2.24, 2.45) is 0 Å². The Hall–Kier alpha value is -0.720. The summed E-state index contributed by atoms with van der Waals surface area (Å²) in [6.45, 7) is 6.22. The number of carbonyl (C=O) groups is 1. The second kappa shape index (κ2) is 5.07. The van der Waals surface area contributed by atoms with Crippen molar-refractivity contribution in [3.8, 4) is 0 Å². The molecule has 0 spiro atoms. The fraction of sp³-hybridized carbons (Fsp3) is 0.667. The van der Waals surface area contributed by atoms with Gasteiger partial charge in [0.1, 0.15) is 15.6 Å². The molecule has 1 N–H and O–H groups in total. The van der Waals surface area contributed by atoms with E-state index in [1.807, 2.05) is 6.92 Å². The molecule has 1 heterocycles. The van der Waals surface area contributed by atoms with Crippen molar-refractivity contribution in [3.63, 3.8) is 0 Å². The Kier molecular flexibility index (Phi) is 4.23. The third-order valence-electron chi connectivity index (χ3n) is 2.55. The van der Waals surface area contributed by atoms with E-state index in [4.69, 9.17) is 16.7 Å². The van der Waals surface area contributed by atoms with Crippen molar-refractivity contribution < 1.29 is 9.90 Å². The Balaban J connectivity index is 2.85. The first kappa shape index (κ1) is 13.3. The molecule has 0 aliphatic heterocycles. The van der Waals surface area contributed by atoms with Crippen LogP contribution in [-0.2, 0) is 11.3 Å². The molecular weight excluding hydrogens is 250 g/mol. The molecule has 0 aliphatic rings. The average molecular weight is 264 g/mol. The molecule has 5 nitrogen and oxygen atoms in total. The lowest BCUT2D eigenvalue weighted by molar-refractivity contribution is -0.149. The van der Waals surface area contributed by atoms with Gasteiger partial charge in [-0.1, -0.05) is 23.0 Å². The smallest absolute Gasteiger partial charge is 0.323 e. The van der Waals surface area contributed by atoms with Crippen molar-refractivity contribution >= 4 is 29.1 Å². The number of hydrogen-bond acceptors (Lipinski definition) is 5. The number of halogens is 1. The number of rotatable bonds is 5. The van der Waals surface area contributed by atoms with E-state index in [-0.39, 0.29) is 0 Å². The minimum Gasteiger partial charge on any atom is -0.480 e. The third-order valence-corrected chi connectivity index (χ3v) is 3.53. The van der Waals surface area contributed by atoms with Crippen LogP contribution in [0.3, 0.4) is 0 Å². The van der Waals surface area contributed by atoms with Crippen LogP contribution in [0, 0.1) is 0 Å². The van der Waals surface area contributed by atoms with Crippen LogP contribution in [0.5, 0.6) is 0 Å². The fourth-order valence-corrected chi connectivity index (χ4v) is 1.92. The van der Waals surface area contributed by atoms with E-state index < -0.39 is 11.5 Å². The summed E-state index contributed by atoms with van der Waals surface area (Å²) in [5.74, 6) is -0.867. The van der Waals surface area contributed by atoms with E-state index in [2.05, 4.69) is 9.59 Å². The summed E-state index contributed by atoms with van der Waals surface area (Å²) < 4.78 is 4.24. The number of nitrogens with zero attached hydrogens (tertiary/aromatic N) is 3. The van der Waals surface area contributed by atoms with E-state index in [0.717, 1.165) is 11.5 Å². The highest BCUT2D eigenvalue weighted by molar-refractivity contribution is 7.10. The van der Waals surface area contributed by atoms with E-state index >= 15 is 0 Å². The monoisotopic (exact) mass is 263 g/mol. The van der Waals surface area contributed by atoms with Gasteiger partial charge in [0.15, 0.2) is 0 Å². The molecule has 90 valence electrons. The second-order valence-corrected chi connectivity index (χ2v) is 5.23. The Bertz CT molecular complexity index is 381. The molecule has 0 radical (unpaired) electrons. The molecule has 1 aromatic rings. The lowest BCUT2D eigenvalue weighted by atomic mass is 10.0. The second-order valence-electron chi connectivity index (χ2n) is 3.87. The zero-order chi connectivity index (χ0) is 12.3. The van der Waals surface area contributed by atoms with Crippen LogP contribution in [0.4, 0.5) is 0 Å². The van der Waals surface area contributed by atoms with Crippen molar-refractivity contribution in [2.75, 3.05) is 6.54 Å². The first-order valence-electron chi connectivity index (χ1n) is 4.84. The molecule has 0 bridgehead atoms. The van der Waals surface area contributed by atoms with Gasteiger partial charge in [0.25, 0.3) is 0 Å². The van der Waals surface area contributed by atoms with Crippen molar-refractivity contribution in [3.05, 3.63) is 10.0 Å². The highest BCUT2D eigenvalue weighted by Gasteiger charge is 2.34. The van der Waals surface area contributed by atoms with Crippen LogP contribution in [0.15, 0.2) is 0 Å². The van der Waals surface area contributed by atoms with Crippen LogP contribution >= 0.6 is 23.1 Å². The van der Waals surface area contributed by atoms with E-state index in [1.165, 1.54) is 0 Å². The molecule has 0 amide bonds. The zero-order valence-corrected chi connectivity index (χ0v) is 11.0. The molecule has 0 saturated heterocycles. The highest BCUT2D eigenvalue weighted by atomic mass is 35.5. The van der Waals surface area contributed by atoms with Gasteiger partial charge < -0.3 is 5.11 Å². The summed E-state index contributed by atoms with van der Waals surface area (Å²) in [7, 11) is 0. The molecule has 0 atom stereocenters. The van der Waals surface area contributed by atoms with Crippen molar-refractivity contribution in [2.45, 2.75) is 32.9 Å². The molecule has 1 aromatic heterocycles. The Morgan fingerprint density at radius 3 is 2.62 bits per heavy atom. The lowest BCUT2D eigenvalue weighted by Gasteiger charge is -2.33. The zero-order valence-electron chi connectivity index (χ0n) is 9.40. The van der Waals surface area contributed by atoms with Gasteiger partial charge in [-0.25, -0.2) is 0 Å². The Morgan fingerprint density at radius 2 is 2.25 bits per heavy atom. The summed E-state index contributed by atoms with van der Waals surface area (Å²) >= 11 is 7.00. The molecule has 0 aliphatic carbocycles. The first-order valence-corrected chi connectivity index (χ1v) is 6.00. The fourth-order valence-electron chi connectivity index (χ4n) is 1.31. The maximum atomic E-state index is 11.1. The van der Waals surface area contributed by atoms with E-state index in [9.17, 15) is 4.79 Å². The maximum Gasteiger partial charge on any atom is 0.323 e. The largest absolute Gasteiger partial charge is 0.480 e. The SMILES string of the molecule is CCN(Cc1nnsc1Cl)C(C)(C)C(=O)O. The van der Waals surface area contributed by atoms with Gasteiger partial charge in [0.2, 0.25) is 0 Å². The van der Waals surface area contributed by atoms with Crippen molar-refractivity contribution in [1.29, 1.82) is 0 Å². The minimum absolute atomic E-state index is 0.394. The van der Waals surface area contributed by atoms with Crippen molar-refractivity contribution in [1.82, 2.24) is 14.5 Å². The van der Waals surface area contributed by atoms with Gasteiger partial charge in [0, 0.05) is 18.1 Å². The predicted octanol–water partition coefficient (Wildman–Crippen LogP) is 1.88. The summed E-state index contributed by atoms with van der Waals surface area (Å²) in [5, 5.41) is 13.0. The molecule has 1 rings (SSSR count). The van der Waals surface area contributed by atoms with Crippen LogP contribution in [-0.4, -0.2) is 37.6 Å². The van der Waals surface area contributed by atoms with Gasteiger partial charge in [-0.2, -0.15) is 0 Å². The van der Waals surface area contributed by atoms with Crippen LogP contribution < -0.4 is 0 Å². The summed E-state index contributed by atoms with van der Waals surface area (Å²) in [4.78, 5) is 12.9. The predicted molar refractivity (Wildman–Crippen MR) is 62.7 cm³/mol. The molecular formula is C9H14ClN3O2S. The average Bonchev–Trinajstić information content (AvgIpc) is 2.60. The molecule has 0 saturated carbocycles. The van der Waals surface area contributed by atoms with E-state index in [0.29, 0.717) is 23.1 Å². The van der Waals surface area contributed by atoms with E-state index in [1.54, 1.807) is 18.7 Å². The third kappa shape index (κ3) is 2.69. The number of aliphatic carboxylic acids is 1. The van der Waals surface area contributed by atoms with Gasteiger partial charge in [-0.05, 0) is 20.4 Å². The summed E-state index contributed by atoms with van der Waals surface area (Å²) in [5.41, 5.74) is -0.315. The number of aromatic nitrogens is 2. The molecule has 7 heteroatoms. The standard InChI is InChI=1S/C9H14ClN3O2S/c1-4-13(9(2,3)8(14)15)5-6-7(10)16-12-11-6/h4-5H2,1-3H3,(H,14,15). The number of likely N-dealkylation sites (N-methyl/N-ethyl adjacent to an activating group) is 1. The number of carboxylic acid groups (broad SMARTS) is 1. The first-order chi connectivity index (χ1) is 7.39. The molecule has 0 unspecified atom stereocenters.